The molecule has 0 fully saturated rings. The molecule has 3 aromatic rings. The number of halogens is 4. The minimum atomic E-state index is -4.65. The van der Waals surface area contributed by atoms with Gasteiger partial charge in [0.2, 0.25) is 0 Å². The number of carboxylic acid groups (broad SMARTS) is 1. The summed E-state index contributed by atoms with van der Waals surface area (Å²) in [7, 11) is 2.77. The molecule has 0 heterocycles. The highest BCUT2D eigenvalue weighted by atomic mass is 19.4. The smallest absolute Gasteiger partial charge is 0.416 e. The van der Waals surface area contributed by atoms with E-state index in [1.807, 2.05) is 0 Å². The van der Waals surface area contributed by atoms with Crippen molar-refractivity contribution in [3.63, 3.8) is 0 Å². The number of ether oxygens (including phenoxy) is 3. The normalized spacial score (nSPS) is 12.2. The Kier molecular flexibility index (Phi) is 8.41. The highest BCUT2D eigenvalue weighted by Crippen LogP contribution is 2.37. The number of hydrogen-bond acceptors (Lipinski definition) is 5. The lowest BCUT2D eigenvalue weighted by molar-refractivity contribution is -0.137. The molecule has 1 atom stereocenters. The molecule has 10 heteroatoms. The van der Waals surface area contributed by atoms with Crippen LogP contribution in [-0.2, 0) is 6.18 Å². The summed E-state index contributed by atoms with van der Waals surface area (Å²) in [4.78, 5) is 11.4. The number of carboxylic acids is 1. The molecule has 3 rings (SSSR count). The van der Waals surface area contributed by atoms with Gasteiger partial charge in [-0.2, -0.15) is 13.2 Å². The predicted octanol–water partition coefficient (Wildman–Crippen LogP) is 5.96. The molecule has 0 aromatic heterocycles. The van der Waals surface area contributed by atoms with E-state index in [0.29, 0.717) is 11.3 Å². The number of aromatic carboxylic acids is 1. The third-order valence-electron chi connectivity index (χ3n) is 5.41. The van der Waals surface area contributed by atoms with Gasteiger partial charge in [0.25, 0.3) is 0 Å². The zero-order valence-electron chi connectivity index (χ0n) is 19.8. The van der Waals surface area contributed by atoms with Crippen molar-refractivity contribution in [2.75, 3.05) is 27.4 Å². The van der Waals surface area contributed by atoms with E-state index in [1.165, 1.54) is 50.6 Å². The average Bonchev–Trinajstić information content (AvgIpc) is 2.84. The van der Waals surface area contributed by atoms with Gasteiger partial charge in [-0.3, -0.25) is 0 Å². The van der Waals surface area contributed by atoms with E-state index in [2.05, 4.69) is 5.32 Å². The van der Waals surface area contributed by atoms with E-state index in [0.717, 1.165) is 12.1 Å². The molecule has 0 aliphatic carbocycles. The number of nitrogens with one attached hydrogen (secondary N) is 1. The first-order chi connectivity index (χ1) is 17.0. The first-order valence-electron chi connectivity index (χ1n) is 10.9. The number of hydrogen-bond donors (Lipinski definition) is 2. The van der Waals surface area contributed by atoms with Crippen LogP contribution in [0.4, 0.5) is 17.6 Å². The van der Waals surface area contributed by atoms with Crippen molar-refractivity contribution >= 4 is 5.97 Å². The molecular formula is C26H25F4NO5. The Morgan fingerprint density at radius 2 is 1.56 bits per heavy atom. The summed E-state index contributed by atoms with van der Waals surface area (Å²) in [5.74, 6) is -1.17. The van der Waals surface area contributed by atoms with Crippen molar-refractivity contribution < 1.29 is 41.7 Å². The maximum Gasteiger partial charge on any atom is 0.416 e. The van der Waals surface area contributed by atoms with Crippen LogP contribution in [-0.4, -0.2) is 38.4 Å². The number of rotatable bonds is 10. The quantitative estimate of drug-likeness (QED) is 0.261. The maximum atomic E-state index is 13.7. The highest BCUT2D eigenvalue weighted by molar-refractivity contribution is 5.90. The van der Waals surface area contributed by atoms with Gasteiger partial charge in [-0.15, -0.1) is 0 Å². The highest BCUT2D eigenvalue weighted by Gasteiger charge is 2.31. The lowest BCUT2D eigenvalue weighted by Gasteiger charge is -2.17. The van der Waals surface area contributed by atoms with Crippen LogP contribution in [0.2, 0.25) is 0 Å². The number of alkyl halides is 3. The fourth-order valence-electron chi connectivity index (χ4n) is 3.53. The van der Waals surface area contributed by atoms with Crippen LogP contribution in [0.1, 0.15) is 34.5 Å². The van der Waals surface area contributed by atoms with Crippen molar-refractivity contribution in [1.82, 2.24) is 5.32 Å². The summed E-state index contributed by atoms with van der Waals surface area (Å²) in [5.41, 5.74) is -0.0800. The van der Waals surface area contributed by atoms with Gasteiger partial charge in [0.15, 0.2) is 0 Å². The van der Waals surface area contributed by atoms with E-state index in [1.54, 1.807) is 13.0 Å². The lowest BCUT2D eigenvalue weighted by Crippen LogP contribution is -2.24. The molecule has 0 aliphatic heterocycles. The summed E-state index contributed by atoms with van der Waals surface area (Å²) in [6, 6.07) is 11.2. The number of carbonyl (C=O) groups is 1. The molecule has 6 nitrogen and oxygen atoms in total. The van der Waals surface area contributed by atoms with Crippen LogP contribution in [0, 0.1) is 5.82 Å². The monoisotopic (exact) mass is 507 g/mol. The molecule has 0 unspecified atom stereocenters. The van der Waals surface area contributed by atoms with Crippen LogP contribution < -0.4 is 19.5 Å². The summed E-state index contributed by atoms with van der Waals surface area (Å²) >= 11 is 0. The van der Waals surface area contributed by atoms with Gasteiger partial charge < -0.3 is 24.6 Å². The van der Waals surface area contributed by atoms with Gasteiger partial charge in [0, 0.05) is 18.7 Å². The fraction of sp³-hybridized carbons (Fsp3) is 0.269. The van der Waals surface area contributed by atoms with Crippen LogP contribution in [0.25, 0.3) is 11.1 Å². The Labute approximate surface area is 205 Å². The van der Waals surface area contributed by atoms with Crippen LogP contribution in [0.15, 0.2) is 54.6 Å². The second-order valence-corrected chi connectivity index (χ2v) is 7.95. The molecule has 0 bridgehead atoms. The van der Waals surface area contributed by atoms with E-state index < -0.39 is 23.5 Å². The molecule has 0 aliphatic rings. The molecular weight excluding hydrogens is 482 g/mol. The van der Waals surface area contributed by atoms with E-state index in [-0.39, 0.29) is 47.4 Å². The Bertz CT molecular complexity index is 1230. The Balaban J connectivity index is 1.79. The van der Waals surface area contributed by atoms with Gasteiger partial charge in [-0.1, -0.05) is 0 Å². The van der Waals surface area contributed by atoms with Crippen molar-refractivity contribution in [3.05, 3.63) is 77.1 Å². The minimum absolute atomic E-state index is 0.0238. The van der Waals surface area contributed by atoms with E-state index >= 15 is 0 Å². The van der Waals surface area contributed by atoms with Gasteiger partial charge in [0.05, 0.1) is 25.3 Å². The Morgan fingerprint density at radius 1 is 0.917 bits per heavy atom. The lowest BCUT2D eigenvalue weighted by atomic mass is 10.00. The van der Waals surface area contributed by atoms with Crippen LogP contribution in [0.5, 0.6) is 17.2 Å². The third kappa shape index (κ3) is 6.88. The molecule has 0 saturated heterocycles. The maximum absolute atomic E-state index is 13.7. The van der Waals surface area contributed by atoms with Crippen molar-refractivity contribution in [3.8, 4) is 28.4 Å². The van der Waals surface area contributed by atoms with E-state index in [4.69, 9.17) is 14.2 Å². The summed E-state index contributed by atoms with van der Waals surface area (Å²) in [6.07, 6.45) is -4.65. The van der Waals surface area contributed by atoms with Crippen molar-refractivity contribution in [2.24, 2.45) is 0 Å². The van der Waals surface area contributed by atoms with Gasteiger partial charge in [-0.25, -0.2) is 9.18 Å². The van der Waals surface area contributed by atoms with Crippen molar-refractivity contribution in [1.29, 1.82) is 0 Å². The molecule has 0 radical (unpaired) electrons. The predicted molar refractivity (Wildman–Crippen MR) is 125 cm³/mol. The second-order valence-electron chi connectivity index (χ2n) is 7.95. The number of benzene rings is 3. The SMILES string of the molecule is COc1cc(C(=O)O)cc(-c2cc(OCCN[C@H](C)c3cc(F)cc(OC)c3)cc(C(F)(F)F)c2)c1. The van der Waals surface area contributed by atoms with Crippen molar-refractivity contribution in [2.45, 2.75) is 19.1 Å². The second kappa shape index (κ2) is 11.3. The zero-order chi connectivity index (χ0) is 26.5. The standard InChI is InChI=1S/C26H25F4NO5/c1-15(16-8-21(27)14-23(9-16)35-3)31-4-5-36-24-11-18(7-20(13-24)26(28,29)30)17-6-19(25(32)33)12-22(10-17)34-2/h6-15,31H,4-5H2,1-3H3,(H,32,33)/t15-/m1/s1. The molecule has 0 spiro atoms. The van der Waals surface area contributed by atoms with Gasteiger partial charge >= 0.3 is 12.1 Å². The van der Waals surface area contributed by atoms with E-state index in [9.17, 15) is 27.5 Å². The zero-order valence-corrected chi connectivity index (χ0v) is 19.8. The van der Waals surface area contributed by atoms with Crippen LogP contribution >= 0.6 is 0 Å². The first-order valence-corrected chi connectivity index (χ1v) is 10.9. The topological polar surface area (TPSA) is 77.0 Å². The first kappa shape index (κ1) is 26.8. The third-order valence-corrected chi connectivity index (χ3v) is 5.41. The summed E-state index contributed by atoms with van der Waals surface area (Å²) < 4.78 is 70.2. The molecule has 3 aromatic carbocycles. The molecule has 0 saturated carbocycles. The number of methoxy groups -OCH3 is 2. The van der Waals surface area contributed by atoms with Crippen LogP contribution in [0.3, 0.4) is 0 Å². The van der Waals surface area contributed by atoms with Gasteiger partial charge in [-0.05, 0) is 72.1 Å². The minimum Gasteiger partial charge on any atom is -0.497 e. The summed E-state index contributed by atoms with van der Waals surface area (Å²) in [6.45, 7) is 2.09. The average molecular weight is 507 g/mol. The summed E-state index contributed by atoms with van der Waals surface area (Å²) in [5, 5.41) is 12.5. The molecule has 0 amide bonds. The molecule has 2 N–H and O–H groups in total. The molecule has 192 valence electrons. The van der Waals surface area contributed by atoms with Gasteiger partial charge in [0.1, 0.15) is 29.7 Å². The Morgan fingerprint density at radius 3 is 2.19 bits per heavy atom. The fourth-order valence-corrected chi connectivity index (χ4v) is 3.53. The largest absolute Gasteiger partial charge is 0.497 e. The Hall–Kier alpha value is -3.79. The molecule has 36 heavy (non-hydrogen) atoms.